The molecule has 0 spiro atoms. The minimum Gasteiger partial charge on any atom is -0.377 e. The number of aryl methyl sites for hydroxylation is 2. The zero-order chi connectivity index (χ0) is 61.9. The van der Waals surface area contributed by atoms with E-state index in [2.05, 4.69) is 30.2 Å². The Morgan fingerprint density at radius 2 is 0.920 bits per heavy atom. The summed E-state index contributed by atoms with van der Waals surface area (Å²) in [5.41, 5.74) is 2.86. The van der Waals surface area contributed by atoms with E-state index >= 15 is 0 Å². The molecular formula is C56H66F5N5O15S6. The molecule has 87 heavy (non-hydrogen) atoms. The first-order valence-corrected chi connectivity index (χ1v) is 33.2. The minimum atomic E-state index is -3.70. The average Bonchev–Trinajstić information content (AvgIpc) is 2.07. The van der Waals surface area contributed by atoms with Gasteiger partial charge in [0.2, 0.25) is 15.7 Å². The average molecular weight is 1340 g/mol. The number of rotatable bonds is 42. The van der Waals surface area contributed by atoms with Gasteiger partial charge in [-0.2, -0.15) is 5.26 Å². The van der Waals surface area contributed by atoms with Gasteiger partial charge in [-0.15, -0.1) is 61.8 Å². The van der Waals surface area contributed by atoms with E-state index in [9.17, 15) is 40.4 Å². The fourth-order valence-corrected chi connectivity index (χ4v) is 18.8. The number of amides is 1. The molecule has 0 saturated carbocycles. The number of carbonyl (C=O) groups is 1. The summed E-state index contributed by atoms with van der Waals surface area (Å²) in [7, 11) is -3.70. The van der Waals surface area contributed by atoms with Gasteiger partial charge in [-0.1, -0.05) is 5.21 Å². The van der Waals surface area contributed by atoms with Crippen LogP contribution >= 0.6 is 56.7 Å². The topological polar surface area (TPSA) is 228 Å². The number of aromatic nitrogens is 3. The maximum Gasteiger partial charge on any atom is 0.257 e. The smallest absolute Gasteiger partial charge is 0.257 e. The van der Waals surface area contributed by atoms with Crippen LogP contribution in [0.1, 0.15) is 48.1 Å². The van der Waals surface area contributed by atoms with Gasteiger partial charge in [0.1, 0.15) is 22.2 Å². The number of nitrogens with zero attached hydrogens (tertiary/aromatic N) is 4. The van der Waals surface area contributed by atoms with Crippen molar-refractivity contribution in [1.82, 2.24) is 20.3 Å². The molecule has 31 heteroatoms. The Labute approximate surface area is 519 Å². The van der Waals surface area contributed by atoms with Crippen molar-refractivity contribution in [3.8, 4) is 25.6 Å². The SMILES string of the molecule is Cc1c(C#N)sc2c1S(=O)(=O)c1c-2sc(-c2sc3c(sc4c(C)c(COCc5cn(CCOCCOCCOCCOCCOCCOCCOCCOCCOCCOCCOCCNC(=O)c6c(F)c(F)c(F)c(F)c6F)nn5)sc43)c2C)c1C. The lowest BCUT2D eigenvalue weighted by atomic mass is 10.1. The molecule has 6 aromatic heterocycles. The van der Waals surface area contributed by atoms with Gasteiger partial charge in [0.15, 0.2) is 23.3 Å². The van der Waals surface area contributed by atoms with Gasteiger partial charge in [-0.3, -0.25) is 4.79 Å². The van der Waals surface area contributed by atoms with E-state index in [4.69, 9.17) is 56.8 Å². The number of ether oxygens (including phenoxy) is 12. The molecule has 0 atom stereocenters. The van der Waals surface area contributed by atoms with Gasteiger partial charge < -0.3 is 62.2 Å². The maximum absolute atomic E-state index is 13.8. The number of nitrogens with one attached hydrogen (secondary N) is 1. The number of thiophene rings is 5. The Hall–Kier alpha value is -4.54. The summed E-state index contributed by atoms with van der Waals surface area (Å²) in [6.45, 7) is 16.9. The van der Waals surface area contributed by atoms with Gasteiger partial charge in [0.25, 0.3) is 5.91 Å². The van der Waals surface area contributed by atoms with Crippen molar-refractivity contribution in [1.29, 1.82) is 5.26 Å². The van der Waals surface area contributed by atoms with E-state index in [1.807, 2.05) is 18.4 Å². The molecule has 7 heterocycles. The molecule has 1 aliphatic rings. The fraction of sp³-hybridized carbons (Fsp3) is 0.536. The Bertz CT molecular complexity index is 3530. The Kier molecular flexibility index (Phi) is 26.8. The molecule has 476 valence electrons. The van der Waals surface area contributed by atoms with E-state index in [-0.39, 0.29) is 33.0 Å². The predicted molar refractivity (Wildman–Crippen MR) is 317 cm³/mol. The Morgan fingerprint density at radius 3 is 1.43 bits per heavy atom. The summed E-state index contributed by atoms with van der Waals surface area (Å²) in [5.74, 6) is -12.6. The van der Waals surface area contributed by atoms with Crippen molar-refractivity contribution in [2.45, 2.75) is 57.2 Å². The van der Waals surface area contributed by atoms with Crippen molar-refractivity contribution >= 4 is 91.2 Å². The molecule has 1 N–H and O–H groups in total. The highest BCUT2D eigenvalue weighted by Gasteiger charge is 2.42. The molecule has 7 aromatic rings. The van der Waals surface area contributed by atoms with Crippen molar-refractivity contribution in [3.05, 3.63) is 78.5 Å². The molecule has 0 fully saturated rings. The fourth-order valence-electron chi connectivity index (χ4n) is 8.76. The van der Waals surface area contributed by atoms with Crippen LogP contribution in [0.15, 0.2) is 16.0 Å². The van der Waals surface area contributed by atoms with Crippen molar-refractivity contribution in [2.24, 2.45) is 0 Å². The number of halogens is 5. The lowest BCUT2D eigenvalue weighted by Gasteiger charge is -2.10. The normalized spacial score (nSPS) is 12.8. The number of carbonyl (C=O) groups excluding carboxylic acids is 1. The third-order valence-electron chi connectivity index (χ3n) is 13.1. The molecular weight excluding hydrogens is 1270 g/mol. The lowest BCUT2D eigenvalue weighted by molar-refractivity contribution is -0.0275. The van der Waals surface area contributed by atoms with Crippen molar-refractivity contribution in [2.75, 3.05) is 152 Å². The number of sulfone groups is 1. The highest BCUT2D eigenvalue weighted by molar-refractivity contribution is 7.92. The second-order valence-electron chi connectivity index (χ2n) is 19.1. The summed E-state index contributed by atoms with van der Waals surface area (Å²) in [4.78, 5) is 17.7. The van der Waals surface area contributed by atoms with Gasteiger partial charge in [0, 0.05) is 21.2 Å². The molecule has 8 rings (SSSR count). The summed E-state index contributed by atoms with van der Waals surface area (Å²) < 4.78 is 168. The van der Waals surface area contributed by atoms with E-state index in [0.29, 0.717) is 164 Å². The van der Waals surface area contributed by atoms with Crippen molar-refractivity contribution in [3.63, 3.8) is 0 Å². The van der Waals surface area contributed by atoms with Crippen LogP contribution in [0.4, 0.5) is 22.0 Å². The quantitative estimate of drug-likeness (QED) is 0.0162. The molecule has 0 bridgehead atoms. The van der Waals surface area contributed by atoms with Crippen LogP contribution in [0.3, 0.4) is 0 Å². The molecule has 1 amide bonds. The Morgan fingerprint density at radius 1 is 0.494 bits per heavy atom. The number of benzene rings is 1. The summed E-state index contributed by atoms with van der Waals surface area (Å²) in [6, 6.07) is 2.17. The van der Waals surface area contributed by atoms with Gasteiger partial charge >= 0.3 is 0 Å². The van der Waals surface area contributed by atoms with Gasteiger partial charge in [0.05, 0.1) is 210 Å². The molecule has 0 aliphatic carbocycles. The van der Waals surface area contributed by atoms with E-state index < -0.39 is 50.4 Å². The van der Waals surface area contributed by atoms with Crippen molar-refractivity contribution < 1.29 is 92.0 Å². The largest absolute Gasteiger partial charge is 0.377 e. The van der Waals surface area contributed by atoms with Crippen LogP contribution in [0, 0.1) is 68.1 Å². The number of fused-ring (bicyclic) bond motifs is 6. The lowest BCUT2D eigenvalue weighted by Crippen LogP contribution is -2.30. The van der Waals surface area contributed by atoms with E-state index in [1.54, 1.807) is 45.6 Å². The maximum atomic E-state index is 13.8. The van der Waals surface area contributed by atoms with Crippen LogP contribution in [0.5, 0.6) is 0 Å². The minimum absolute atomic E-state index is 0.0898. The van der Waals surface area contributed by atoms with E-state index in [1.165, 1.54) is 47.0 Å². The van der Waals surface area contributed by atoms with E-state index in [0.717, 1.165) is 36.3 Å². The van der Waals surface area contributed by atoms with Gasteiger partial charge in [-0.25, -0.2) is 35.1 Å². The summed E-state index contributed by atoms with van der Waals surface area (Å²) >= 11 is 8.03. The van der Waals surface area contributed by atoms with Crippen LogP contribution in [0.2, 0.25) is 0 Å². The van der Waals surface area contributed by atoms with Crippen LogP contribution in [-0.2, 0) is 86.4 Å². The van der Waals surface area contributed by atoms with Crippen LogP contribution < -0.4 is 5.32 Å². The summed E-state index contributed by atoms with van der Waals surface area (Å²) in [5, 5.41) is 20.1. The molecule has 1 aliphatic heterocycles. The predicted octanol–water partition coefficient (Wildman–Crippen LogP) is 9.50. The summed E-state index contributed by atoms with van der Waals surface area (Å²) in [6.07, 6.45) is 1.86. The number of hydrogen-bond acceptors (Lipinski definition) is 23. The molecule has 1 aromatic carbocycles. The highest BCUT2D eigenvalue weighted by Crippen LogP contribution is 2.59. The number of nitriles is 1. The number of hydrogen-bond donors (Lipinski definition) is 1. The third kappa shape index (κ3) is 17.5. The van der Waals surface area contributed by atoms with Gasteiger partial charge in [-0.05, 0) is 49.9 Å². The molecule has 0 saturated heterocycles. The first-order valence-electron chi connectivity index (χ1n) is 27.6. The second kappa shape index (κ2) is 34.0. The molecule has 20 nitrogen and oxygen atoms in total. The first-order chi connectivity index (χ1) is 42.1. The molecule has 0 unspecified atom stereocenters. The standard InChI is InChI=1S/C56H66F5N5O15S6/c1-33-39(83-50-46(33)84-48-35(3)47(85-51(48)50)49-36(4)55-53(86-49)52-54(87(55,68)69)34(2)38(29-62)82-52)32-81-31-37-30-66(65-64-37)6-8-71-10-12-73-14-16-75-18-20-77-22-24-79-26-28-80-27-25-78-23-21-76-19-17-74-15-13-72-11-9-70-7-5-63-56(67)40-41(57)43(59)45(61)44(60)42(40)58/h30H,5-28,31-32H2,1-4H3,(H,63,67). The highest BCUT2D eigenvalue weighted by atomic mass is 32.2. The zero-order valence-corrected chi connectivity index (χ0v) is 53.1. The first kappa shape index (κ1) is 68.4. The van der Waals surface area contributed by atoms with Crippen LogP contribution in [0.25, 0.3) is 38.3 Å². The zero-order valence-electron chi connectivity index (χ0n) is 48.2. The second-order valence-corrected chi connectivity index (χ2v) is 26.1. The van der Waals surface area contributed by atoms with Crippen LogP contribution in [-0.4, -0.2) is 181 Å². The monoisotopic (exact) mass is 1340 g/mol. The molecule has 0 radical (unpaired) electrons. The third-order valence-corrected chi connectivity index (χ3v) is 22.7. The Balaban J connectivity index is 0.544.